The third-order valence-electron chi connectivity index (χ3n) is 0.991. The summed E-state index contributed by atoms with van der Waals surface area (Å²) in [5, 5.41) is 24.6. The molecule has 0 rings (SSSR count). The number of aliphatic hydroxyl groups is 1. The Morgan fingerprint density at radius 2 is 1.58 bits per heavy atom. The zero-order chi connectivity index (χ0) is 8.15. The van der Waals surface area contributed by atoms with E-state index in [0.717, 1.165) is 0 Å². The van der Waals surface area contributed by atoms with Crippen LogP contribution in [0.4, 0.5) is 0 Å². The van der Waals surface area contributed by atoms with Crippen molar-refractivity contribution in [1.82, 2.24) is 12.3 Å². The van der Waals surface area contributed by atoms with E-state index in [4.69, 9.17) is 15.3 Å². The monoisotopic (exact) mass is 182 g/mol. The van der Waals surface area contributed by atoms with E-state index in [1.165, 1.54) is 0 Å². The van der Waals surface area contributed by atoms with E-state index >= 15 is 0 Å². The fourth-order valence-corrected chi connectivity index (χ4v) is 0.441. The predicted molar refractivity (Wildman–Crippen MR) is 40.5 cm³/mol. The van der Waals surface area contributed by atoms with Crippen molar-refractivity contribution in [2.45, 2.75) is 6.42 Å². The molecule has 0 amide bonds. The van der Waals surface area contributed by atoms with Crippen molar-refractivity contribution in [3.8, 4) is 0 Å². The van der Waals surface area contributed by atoms with Crippen LogP contribution in [-0.2, 0) is 9.59 Å². The normalized spacial score (nSPS) is 10.4. The topological polar surface area (TPSA) is 165 Å². The Morgan fingerprint density at radius 1 is 1.17 bits per heavy atom. The van der Waals surface area contributed by atoms with Crippen LogP contribution >= 0.6 is 0 Å². The van der Waals surface area contributed by atoms with Crippen LogP contribution in [0.5, 0.6) is 0 Å². The van der Waals surface area contributed by atoms with E-state index < -0.39 is 30.9 Å². The molecule has 0 bridgehead atoms. The summed E-state index contributed by atoms with van der Waals surface area (Å²) in [6.07, 6.45) is -0.536. The summed E-state index contributed by atoms with van der Waals surface area (Å²) in [6, 6.07) is 0. The number of hydrogen-bond donors (Lipinski definition) is 5. The maximum absolute atomic E-state index is 10.0. The summed E-state index contributed by atoms with van der Waals surface area (Å²) in [5.74, 6) is -3.69. The smallest absolute Gasteiger partial charge is 0.309 e. The van der Waals surface area contributed by atoms with Gasteiger partial charge in [0, 0.05) is 0 Å². The average Bonchev–Trinajstić information content (AvgIpc) is 1.81. The van der Waals surface area contributed by atoms with Gasteiger partial charge in [0.2, 0.25) is 0 Å². The van der Waals surface area contributed by atoms with Gasteiger partial charge in [0.15, 0.2) is 0 Å². The third kappa shape index (κ3) is 6.93. The minimum atomic E-state index is -1.29. The van der Waals surface area contributed by atoms with E-state index in [-0.39, 0.29) is 12.3 Å². The van der Waals surface area contributed by atoms with E-state index in [1.807, 2.05) is 0 Å². The maximum atomic E-state index is 10.0. The number of carboxylic acid groups (broad SMARTS) is 2. The van der Waals surface area contributed by atoms with Gasteiger partial charge < -0.3 is 27.6 Å². The highest BCUT2D eigenvalue weighted by Gasteiger charge is 2.19. The van der Waals surface area contributed by atoms with Crippen LogP contribution in [0.2, 0.25) is 0 Å². The van der Waals surface area contributed by atoms with E-state index in [0.29, 0.717) is 0 Å². The highest BCUT2D eigenvalue weighted by molar-refractivity contribution is 5.77. The zero-order valence-corrected chi connectivity index (χ0v) is 6.56. The second-order valence-electron chi connectivity index (χ2n) is 1.82. The zero-order valence-electron chi connectivity index (χ0n) is 6.56. The minimum Gasteiger partial charge on any atom is -0.481 e. The van der Waals surface area contributed by atoms with E-state index in [1.54, 1.807) is 0 Å². The number of aliphatic hydroxyl groups excluding tert-OH is 1. The van der Waals surface area contributed by atoms with Gasteiger partial charge in [0.05, 0.1) is 18.9 Å². The van der Waals surface area contributed by atoms with Crippen molar-refractivity contribution < 1.29 is 24.9 Å². The van der Waals surface area contributed by atoms with Crippen molar-refractivity contribution in [2.24, 2.45) is 5.92 Å². The largest absolute Gasteiger partial charge is 0.481 e. The van der Waals surface area contributed by atoms with Gasteiger partial charge in [-0.3, -0.25) is 9.59 Å². The number of rotatable bonds is 4. The lowest BCUT2D eigenvalue weighted by Gasteiger charge is -2.03. The molecular formula is C5H14N2O5. The van der Waals surface area contributed by atoms with E-state index in [2.05, 4.69) is 0 Å². The SMILES string of the molecule is N.N.O=C(O)CC(CO)C(=O)O. The number of carboxylic acids is 2. The van der Waals surface area contributed by atoms with Crippen LogP contribution in [0, 0.1) is 5.92 Å². The molecule has 1 unspecified atom stereocenters. The van der Waals surface area contributed by atoms with Crippen LogP contribution in [-0.4, -0.2) is 33.9 Å². The van der Waals surface area contributed by atoms with Crippen molar-refractivity contribution in [1.29, 1.82) is 0 Å². The molecule has 0 saturated carbocycles. The molecule has 7 heteroatoms. The van der Waals surface area contributed by atoms with Crippen molar-refractivity contribution in [2.75, 3.05) is 6.61 Å². The molecule has 0 aliphatic rings. The first-order valence-electron chi connectivity index (χ1n) is 2.63. The lowest BCUT2D eigenvalue weighted by atomic mass is 10.1. The Labute approximate surface area is 69.2 Å². The molecule has 0 aromatic carbocycles. The quantitative estimate of drug-likeness (QED) is 0.390. The first-order chi connectivity index (χ1) is 4.57. The third-order valence-corrected chi connectivity index (χ3v) is 0.991. The lowest BCUT2D eigenvalue weighted by Crippen LogP contribution is -2.21. The van der Waals surface area contributed by atoms with Crippen LogP contribution < -0.4 is 12.3 Å². The highest BCUT2D eigenvalue weighted by Crippen LogP contribution is 2.00. The van der Waals surface area contributed by atoms with Gasteiger partial charge in [0.25, 0.3) is 0 Å². The first kappa shape index (κ1) is 17.1. The standard InChI is InChI=1S/C5H8O5.2H3N/c6-2-3(5(9)10)1-4(7)8;;/h3,6H,1-2H2,(H,7,8)(H,9,10);2*1H3. The Morgan fingerprint density at radius 3 is 1.67 bits per heavy atom. The molecule has 0 saturated heterocycles. The molecule has 0 aromatic heterocycles. The molecule has 1 atom stereocenters. The second kappa shape index (κ2) is 7.92. The fraction of sp³-hybridized carbons (Fsp3) is 0.600. The van der Waals surface area contributed by atoms with Gasteiger partial charge in [0.1, 0.15) is 0 Å². The predicted octanol–water partition coefficient (Wildman–Crippen LogP) is -0.522. The van der Waals surface area contributed by atoms with Gasteiger partial charge in [-0.05, 0) is 0 Å². The Bertz CT molecular complexity index is 149. The molecule has 0 spiro atoms. The Balaban J connectivity index is -0.000000405. The second-order valence-corrected chi connectivity index (χ2v) is 1.82. The Hall–Kier alpha value is -1.18. The average molecular weight is 182 g/mol. The van der Waals surface area contributed by atoms with Gasteiger partial charge in [-0.25, -0.2) is 0 Å². The van der Waals surface area contributed by atoms with Crippen LogP contribution in [0.15, 0.2) is 0 Å². The summed E-state index contributed by atoms with van der Waals surface area (Å²) in [4.78, 5) is 19.9. The summed E-state index contributed by atoms with van der Waals surface area (Å²) in [6.45, 7) is -0.637. The van der Waals surface area contributed by atoms with Gasteiger partial charge in [-0.15, -0.1) is 0 Å². The summed E-state index contributed by atoms with van der Waals surface area (Å²) in [7, 11) is 0. The molecular weight excluding hydrogens is 168 g/mol. The van der Waals surface area contributed by atoms with Crippen LogP contribution in [0.25, 0.3) is 0 Å². The number of carbonyl (C=O) groups is 2. The fourth-order valence-electron chi connectivity index (χ4n) is 0.441. The van der Waals surface area contributed by atoms with Crippen molar-refractivity contribution in [3.63, 3.8) is 0 Å². The molecule has 0 radical (unpaired) electrons. The van der Waals surface area contributed by atoms with Crippen molar-refractivity contribution >= 4 is 11.9 Å². The molecule has 9 N–H and O–H groups in total. The summed E-state index contributed by atoms with van der Waals surface area (Å²) in [5.41, 5.74) is 0. The van der Waals surface area contributed by atoms with Crippen LogP contribution in [0.1, 0.15) is 6.42 Å². The Kier molecular flexibility index (Phi) is 11.3. The molecule has 7 nitrogen and oxygen atoms in total. The summed E-state index contributed by atoms with van der Waals surface area (Å²) < 4.78 is 0. The molecule has 0 fully saturated rings. The molecule has 74 valence electrons. The maximum Gasteiger partial charge on any atom is 0.309 e. The van der Waals surface area contributed by atoms with Gasteiger partial charge in [-0.1, -0.05) is 0 Å². The highest BCUT2D eigenvalue weighted by atomic mass is 16.4. The van der Waals surface area contributed by atoms with Gasteiger partial charge >= 0.3 is 11.9 Å². The molecule has 0 heterocycles. The summed E-state index contributed by atoms with van der Waals surface area (Å²) >= 11 is 0. The number of hydrogen-bond acceptors (Lipinski definition) is 5. The molecule has 12 heavy (non-hydrogen) atoms. The van der Waals surface area contributed by atoms with E-state index in [9.17, 15) is 9.59 Å². The number of aliphatic carboxylic acids is 2. The van der Waals surface area contributed by atoms with Crippen molar-refractivity contribution in [3.05, 3.63) is 0 Å². The first-order valence-corrected chi connectivity index (χ1v) is 2.63. The molecule has 0 aliphatic carbocycles. The molecule has 0 aromatic rings. The minimum absolute atomic E-state index is 0. The lowest BCUT2D eigenvalue weighted by molar-refractivity contribution is -0.149. The van der Waals surface area contributed by atoms with Crippen LogP contribution in [0.3, 0.4) is 0 Å². The van der Waals surface area contributed by atoms with Gasteiger partial charge in [-0.2, -0.15) is 0 Å². The molecule has 0 aliphatic heterocycles.